The number of rotatable bonds is 8. The minimum Gasteiger partial charge on any atom is -0.486 e. The average Bonchev–Trinajstić information content (AvgIpc) is 3.47. The summed E-state index contributed by atoms with van der Waals surface area (Å²) in [6.07, 6.45) is 4.85. The predicted octanol–water partition coefficient (Wildman–Crippen LogP) is 2.37. The molecule has 1 aliphatic heterocycles. The minimum absolute atomic E-state index is 0.0242. The van der Waals surface area contributed by atoms with E-state index in [1.54, 1.807) is 11.0 Å². The molecule has 0 unspecified atom stereocenters. The molecule has 3 N–H and O–H groups in total. The summed E-state index contributed by atoms with van der Waals surface area (Å²) in [6, 6.07) is 6.89. The van der Waals surface area contributed by atoms with Crippen LogP contribution in [0.4, 0.5) is 0 Å². The zero-order valence-electron chi connectivity index (χ0n) is 19.6. The van der Waals surface area contributed by atoms with Gasteiger partial charge in [-0.25, -0.2) is 0 Å². The molecule has 33 heavy (non-hydrogen) atoms. The molecule has 7 nitrogen and oxygen atoms in total. The van der Waals surface area contributed by atoms with E-state index in [2.05, 4.69) is 19.2 Å². The lowest BCUT2D eigenvalue weighted by atomic mass is 9.77. The van der Waals surface area contributed by atoms with E-state index < -0.39 is 24.2 Å². The van der Waals surface area contributed by atoms with E-state index in [-0.39, 0.29) is 30.9 Å². The molecule has 1 aromatic carbocycles. The van der Waals surface area contributed by atoms with Crippen molar-refractivity contribution in [3.05, 3.63) is 41.5 Å². The van der Waals surface area contributed by atoms with Crippen LogP contribution >= 0.6 is 0 Å². The number of hydrogen-bond donors (Lipinski definition) is 3. The van der Waals surface area contributed by atoms with Crippen LogP contribution in [0.3, 0.4) is 0 Å². The van der Waals surface area contributed by atoms with Crippen molar-refractivity contribution < 1.29 is 24.5 Å². The Balaban J connectivity index is 1.71. The number of aliphatic hydroxyl groups excluding tert-OH is 2. The van der Waals surface area contributed by atoms with Gasteiger partial charge in [0.15, 0.2) is 0 Å². The second-order valence-corrected chi connectivity index (χ2v) is 9.88. The number of para-hydroxylation sites is 1. The topological polar surface area (TPSA) is 99.1 Å². The highest BCUT2D eigenvalue weighted by Gasteiger charge is 2.50. The quantitative estimate of drug-likeness (QED) is 0.558. The number of ether oxygens (including phenoxy) is 1. The fourth-order valence-corrected chi connectivity index (χ4v) is 5.40. The summed E-state index contributed by atoms with van der Waals surface area (Å²) < 4.78 is 6.16. The summed E-state index contributed by atoms with van der Waals surface area (Å²) in [5, 5.41) is 23.4. The van der Waals surface area contributed by atoms with Crippen LogP contribution in [0.15, 0.2) is 35.9 Å². The fourth-order valence-electron chi connectivity index (χ4n) is 5.40. The number of nitrogens with one attached hydrogen (secondary N) is 1. The van der Waals surface area contributed by atoms with Crippen LogP contribution in [0.1, 0.15) is 57.4 Å². The summed E-state index contributed by atoms with van der Waals surface area (Å²) in [5.41, 5.74) is 1.35. The van der Waals surface area contributed by atoms with E-state index in [9.17, 15) is 19.8 Å². The summed E-state index contributed by atoms with van der Waals surface area (Å²) in [5.74, 6) is 0.388. The molecule has 0 spiro atoms. The lowest BCUT2D eigenvalue weighted by molar-refractivity contribution is -0.141. The Hall–Kier alpha value is -2.38. The summed E-state index contributed by atoms with van der Waals surface area (Å²) >= 11 is 0. The lowest BCUT2D eigenvalue weighted by Crippen LogP contribution is -2.57. The number of fused-ring (bicyclic) bond motifs is 3. The van der Waals surface area contributed by atoms with Gasteiger partial charge < -0.3 is 25.2 Å². The molecular formula is C26H36N2O5. The number of amides is 2. The second-order valence-electron chi connectivity index (χ2n) is 9.88. The second kappa shape index (κ2) is 10.3. The van der Waals surface area contributed by atoms with Crippen molar-refractivity contribution in [2.45, 2.75) is 70.1 Å². The van der Waals surface area contributed by atoms with E-state index in [0.717, 1.165) is 37.7 Å². The van der Waals surface area contributed by atoms with E-state index in [1.165, 1.54) is 0 Å². The average molecular weight is 457 g/mol. The van der Waals surface area contributed by atoms with Crippen LogP contribution in [0.5, 0.6) is 5.75 Å². The van der Waals surface area contributed by atoms with Crippen LogP contribution in [0.2, 0.25) is 0 Å². The highest BCUT2D eigenvalue weighted by Crippen LogP contribution is 2.47. The van der Waals surface area contributed by atoms with Crippen LogP contribution in [0.25, 0.3) is 0 Å². The van der Waals surface area contributed by atoms with Gasteiger partial charge in [0.1, 0.15) is 18.0 Å². The van der Waals surface area contributed by atoms with Gasteiger partial charge in [0.05, 0.1) is 18.6 Å². The van der Waals surface area contributed by atoms with Crippen molar-refractivity contribution in [2.75, 3.05) is 19.7 Å². The van der Waals surface area contributed by atoms with Gasteiger partial charge in [0, 0.05) is 30.1 Å². The molecule has 2 aliphatic carbocycles. The summed E-state index contributed by atoms with van der Waals surface area (Å²) in [4.78, 5) is 28.5. The number of hydrogen-bond acceptors (Lipinski definition) is 5. The first kappa shape index (κ1) is 23.8. The molecule has 4 rings (SSSR count). The molecule has 0 aromatic heterocycles. The molecule has 0 saturated heterocycles. The van der Waals surface area contributed by atoms with Crippen LogP contribution in [-0.2, 0) is 9.59 Å². The zero-order chi connectivity index (χ0) is 23.5. The van der Waals surface area contributed by atoms with Crippen molar-refractivity contribution in [1.82, 2.24) is 10.2 Å². The molecule has 1 saturated carbocycles. The van der Waals surface area contributed by atoms with Crippen molar-refractivity contribution in [1.29, 1.82) is 0 Å². The van der Waals surface area contributed by atoms with Gasteiger partial charge in [-0.05, 0) is 37.3 Å². The predicted molar refractivity (Wildman–Crippen MR) is 125 cm³/mol. The maximum Gasteiger partial charge on any atom is 0.247 e. The standard InChI is InChI=1S/C26H36N2O5/c1-16(2)11-13-28(26(32)17-7-3-4-8-17)20-15-19(25(31)27-12-14-29)22-18-9-5-6-10-21(18)33-24(22)23(20)30/h5-6,9-10,15-17,20,22-24,29-30H,3-4,7-8,11-14H2,1-2H3,(H,27,31)/t20-,22+,23+,24+/m1/s1. The first-order chi connectivity index (χ1) is 15.9. The van der Waals surface area contributed by atoms with E-state index in [4.69, 9.17) is 4.74 Å². The largest absolute Gasteiger partial charge is 0.486 e. The molecule has 1 heterocycles. The molecule has 7 heteroatoms. The van der Waals surface area contributed by atoms with E-state index in [0.29, 0.717) is 23.8 Å². The van der Waals surface area contributed by atoms with Crippen LogP contribution < -0.4 is 10.1 Å². The highest BCUT2D eigenvalue weighted by atomic mass is 16.5. The normalized spacial score (nSPS) is 26.4. The molecule has 2 amide bonds. The summed E-state index contributed by atoms with van der Waals surface area (Å²) in [7, 11) is 0. The molecule has 1 fully saturated rings. The highest BCUT2D eigenvalue weighted by molar-refractivity contribution is 5.96. The van der Waals surface area contributed by atoms with E-state index >= 15 is 0 Å². The van der Waals surface area contributed by atoms with Gasteiger partial charge in [0.25, 0.3) is 0 Å². The fraction of sp³-hybridized carbons (Fsp3) is 0.615. The molecule has 0 radical (unpaired) electrons. The molecule has 0 bridgehead atoms. The molecule has 3 aliphatic rings. The molecular weight excluding hydrogens is 420 g/mol. The van der Waals surface area contributed by atoms with Crippen molar-refractivity contribution in [2.24, 2.45) is 11.8 Å². The van der Waals surface area contributed by atoms with Gasteiger partial charge >= 0.3 is 0 Å². The Morgan fingerprint density at radius 3 is 2.64 bits per heavy atom. The van der Waals surface area contributed by atoms with Gasteiger partial charge in [-0.3, -0.25) is 9.59 Å². The number of nitrogens with zero attached hydrogens (tertiary/aromatic N) is 1. The van der Waals surface area contributed by atoms with Crippen LogP contribution in [-0.4, -0.2) is 64.9 Å². The SMILES string of the molecule is CC(C)CCN(C(=O)C1CCCC1)[C@@H]1C=C(C(=O)NCCO)[C@@H]2c3ccccc3O[C@@H]2[C@H]1O. The number of carbonyl (C=O) groups excluding carboxylic acids is 2. The lowest BCUT2D eigenvalue weighted by Gasteiger charge is -2.41. The molecule has 4 atom stereocenters. The van der Waals surface area contributed by atoms with Crippen LogP contribution in [0, 0.1) is 11.8 Å². The monoisotopic (exact) mass is 456 g/mol. The first-order valence-electron chi connectivity index (χ1n) is 12.3. The third kappa shape index (κ3) is 4.80. The van der Waals surface area contributed by atoms with Crippen molar-refractivity contribution in [3.63, 3.8) is 0 Å². The third-order valence-electron chi connectivity index (χ3n) is 7.17. The minimum atomic E-state index is -0.950. The molecule has 1 aromatic rings. The van der Waals surface area contributed by atoms with E-state index in [1.807, 2.05) is 24.3 Å². The third-order valence-corrected chi connectivity index (χ3v) is 7.17. The van der Waals surface area contributed by atoms with Crippen molar-refractivity contribution in [3.8, 4) is 5.75 Å². The Bertz CT molecular complexity index is 892. The van der Waals surface area contributed by atoms with Gasteiger partial charge in [-0.2, -0.15) is 0 Å². The summed E-state index contributed by atoms with van der Waals surface area (Å²) in [6.45, 7) is 4.74. The van der Waals surface area contributed by atoms with Gasteiger partial charge in [-0.1, -0.05) is 44.9 Å². The Morgan fingerprint density at radius 2 is 1.94 bits per heavy atom. The number of aliphatic hydroxyl groups is 2. The zero-order valence-corrected chi connectivity index (χ0v) is 19.6. The van der Waals surface area contributed by atoms with Gasteiger partial charge in [-0.15, -0.1) is 0 Å². The van der Waals surface area contributed by atoms with Gasteiger partial charge in [0.2, 0.25) is 11.8 Å². The number of carbonyl (C=O) groups is 2. The number of benzene rings is 1. The Morgan fingerprint density at radius 1 is 1.21 bits per heavy atom. The Kier molecular flexibility index (Phi) is 7.39. The maximum absolute atomic E-state index is 13.6. The first-order valence-corrected chi connectivity index (χ1v) is 12.3. The molecule has 180 valence electrons. The smallest absolute Gasteiger partial charge is 0.247 e. The van der Waals surface area contributed by atoms with Crippen molar-refractivity contribution >= 4 is 11.8 Å². The maximum atomic E-state index is 13.6. The Labute approximate surface area is 195 Å².